The molecule has 0 aliphatic heterocycles. The summed E-state index contributed by atoms with van der Waals surface area (Å²) in [5.41, 5.74) is 2.64. The molecule has 0 fully saturated rings. The molecule has 0 saturated carbocycles. The minimum absolute atomic E-state index is 0.104. The third-order valence-corrected chi connectivity index (χ3v) is 6.70. The number of para-hydroxylation sites is 1. The van der Waals surface area contributed by atoms with Crippen molar-refractivity contribution in [2.75, 3.05) is 7.05 Å². The van der Waals surface area contributed by atoms with Crippen molar-refractivity contribution in [2.45, 2.75) is 18.0 Å². The van der Waals surface area contributed by atoms with Crippen molar-refractivity contribution in [1.29, 1.82) is 0 Å². The summed E-state index contributed by atoms with van der Waals surface area (Å²) in [4.78, 5) is 4.20. The predicted octanol–water partition coefficient (Wildman–Crippen LogP) is 5.80. The van der Waals surface area contributed by atoms with Crippen LogP contribution < -0.4 is 4.72 Å². The lowest BCUT2D eigenvalue weighted by atomic mass is 9.93. The monoisotopic (exact) mass is 456 g/mol. The third kappa shape index (κ3) is 3.99. The summed E-state index contributed by atoms with van der Waals surface area (Å²) in [5.74, 6) is 0. The standard InChI is InChI=1S/C24H19F3N2O2S/c1-15-14-29-23-20(10-5-11-21(23)24(25,26)27)22(15)18-8-3-6-16(12-18)17-7-4-9-19(13-17)32(30,31)28-2/h3-14,28H,1-2H3. The minimum atomic E-state index is -4.51. The van der Waals surface area contributed by atoms with Gasteiger partial charge in [0.2, 0.25) is 10.0 Å². The smallest absolute Gasteiger partial charge is 0.255 e. The molecule has 0 saturated heterocycles. The molecule has 0 atom stereocenters. The molecule has 0 aliphatic carbocycles. The number of aryl methyl sites for hydroxylation is 1. The Morgan fingerprint density at radius 2 is 1.50 bits per heavy atom. The Labute approximate surface area is 183 Å². The molecule has 0 amide bonds. The zero-order valence-electron chi connectivity index (χ0n) is 17.2. The van der Waals surface area contributed by atoms with Crippen molar-refractivity contribution in [3.05, 3.63) is 84.1 Å². The molecule has 1 heterocycles. The number of hydrogen-bond donors (Lipinski definition) is 1. The van der Waals surface area contributed by atoms with Gasteiger partial charge in [-0.1, -0.05) is 42.5 Å². The maximum atomic E-state index is 13.5. The lowest BCUT2D eigenvalue weighted by Crippen LogP contribution is -2.18. The number of hydrogen-bond acceptors (Lipinski definition) is 3. The van der Waals surface area contributed by atoms with E-state index in [1.54, 1.807) is 37.3 Å². The van der Waals surface area contributed by atoms with E-state index >= 15 is 0 Å². The maximum Gasteiger partial charge on any atom is 0.418 e. The molecule has 0 radical (unpaired) electrons. The van der Waals surface area contributed by atoms with Crippen LogP contribution in [0.15, 0.2) is 77.8 Å². The van der Waals surface area contributed by atoms with Crippen molar-refractivity contribution >= 4 is 20.9 Å². The Morgan fingerprint density at radius 1 is 0.875 bits per heavy atom. The number of pyridine rings is 1. The van der Waals surface area contributed by atoms with Crippen LogP contribution in [0.5, 0.6) is 0 Å². The number of benzene rings is 3. The van der Waals surface area contributed by atoms with Crippen molar-refractivity contribution in [3.8, 4) is 22.3 Å². The van der Waals surface area contributed by atoms with Crippen molar-refractivity contribution in [3.63, 3.8) is 0 Å². The van der Waals surface area contributed by atoms with E-state index in [0.717, 1.165) is 17.2 Å². The molecule has 4 rings (SSSR count). The molecule has 164 valence electrons. The van der Waals surface area contributed by atoms with Gasteiger partial charge in [-0.15, -0.1) is 0 Å². The quantitative estimate of drug-likeness (QED) is 0.422. The minimum Gasteiger partial charge on any atom is -0.255 e. The van der Waals surface area contributed by atoms with Crippen LogP contribution in [0.1, 0.15) is 11.1 Å². The summed E-state index contributed by atoms with van der Waals surface area (Å²) >= 11 is 0. The highest BCUT2D eigenvalue weighted by molar-refractivity contribution is 7.89. The molecule has 3 aromatic carbocycles. The Balaban J connectivity index is 1.90. The summed E-state index contributed by atoms with van der Waals surface area (Å²) in [6.07, 6.45) is -3.07. The Hall–Kier alpha value is -3.23. The van der Waals surface area contributed by atoms with Crippen molar-refractivity contribution in [2.24, 2.45) is 0 Å². The van der Waals surface area contributed by atoms with Crippen LogP contribution in [0.2, 0.25) is 0 Å². The van der Waals surface area contributed by atoms with Gasteiger partial charge >= 0.3 is 6.18 Å². The number of nitrogens with zero attached hydrogens (tertiary/aromatic N) is 1. The van der Waals surface area contributed by atoms with E-state index in [2.05, 4.69) is 9.71 Å². The van der Waals surface area contributed by atoms with Crippen LogP contribution in [0, 0.1) is 6.92 Å². The number of alkyl halides is 3. The fourth-order valence-corrected chi connectivity index (χ4v) is 4.53. The molecular formula is C24H19F3N2O2S. The molecule has 0 spiro atoms. The van der Waals surface area contributed by atoms with Crippen LogP contribution in [-0.2, 0) is 16.2 Å². The first kappa shape index (κ1) is 22.0. The second kappa shape index (κ2) is 8.03. The first-order valence-electron chi connectivity index (χ1n) is 9.72. The van der Waals surface area contributed by atoms with E-state index in [1.165, 1.54) is 25.4 Å². The second-order valence-electron chi connectivity index (χ2n) is 7.33. The molecule has 8 heteroatoms. The molecule has 32 heavy (non-hydrogen) atoms. The predicted molar refractivity (Wildman–Crippen MR) is 119 cm³/mol. The molecule has 1 aromatic heterocycles. The fourth-order valence-electron chi connectivity index (χ4n) is 3.75. The Morgan fingerprint density at radius 3 is 2.19 bits per heavy atom. The van der Waals surface area contributed by atoms with Gasteiger partial charge in [0.05, 0.1) is 16.0 Å². The molecule has 0 unspecified atom stereocenters. The SMILES string of the molecule is CNS(=O)(=O)c1cccc(-c2cccc(-c3c(C)cnc4c(C(F)(F)F)cccc34)c2)c1. The third-order valence-electron chi connectivity index (χ3n) is 5.29. The molecule has 0 bridgehead atoms. The van der Waals surface area contributed by atoms with E-state index in [1.807, 2.05) is 18.2 Å². The van der Waals surface area contributed by atoms with E-state index in [0.29, 0.717) is 22.1 Å². The molecule has 0 aliphatic rings. The summed E-state index contributed by atoms with van der Waals surface area (Å²) < 4.78 is 67.1. The van der Waals surface area contributed by atoms with Crippen LogP contribution in [-0.4, -0.2) is 20.4 Å². The van der Waals surface area contributed by atoms with Gasteiger partial charge in [-0.2, -0.15) is 13.2 Å². The molecular weight excluding hydrogens is 437 g/mol. The first-order valence-corrected chi connectivity index (χ1v) is 11.2. The highest BCUT2D eigenvalue weighted by Crippen LogP contribution is 2.39. The number of sulfonamides is 1. The zero-order chi connectivity index (χ0) is 23.1. The number of fused-ring (bicyclic) bond motifs is 1. The highest BCUT2D eigenvalue weighted by atomic mass is 32.2. The normalized spacial score (nSPS) is 12.3. The first-order chi connectivity index (χ1) is 15.1. The summed E-state index contributed by atoms with van der Waals surface area (Å²) in [7, 11) is -2.27. The molecule has 1 N–H and O–H groups in total. The number of nitrogens with one attached hydrogen (secondary N) is 1. The van der Waals surface area contributed by atoms with Crippen LogP contribution >= 0.6 is 0 Å². The number of halogens is 3. The molecule has 4 nitrogen and oxygen atoms in total. The Bertz CT molecular complexity index is 1430. The Kier molecular flexibility index (Phi) is 5.52. The van der Waals surface area contributed by atoms with Crippen LogP contribution in [0.25, 0.3) is 33.2 Å². The van der Waals surface area contributed by atoms with Crippen LogP contribution in [0.3, 0.4) is 0 Å². The summed E-state index contributed by atoms with van der Waals surface area (Å²) in [6.45, 7) is 1.80. The lowest BCUT2D eigenvalue weighted by molar-refractivity contribution is -0.136. The average Bonchev–Trinajstić information content (AvgIpc) is 2.78. The van der Waals surface area contributed by atoms with E-state index in [4.69, 9.17) is 0 Å². The van der Waals surface area contributed by atoms with Crippen LogP contribution in [0.4, 0.5) is 13.2 Å². The van der Waals surface area contributed by atoms with Gasteiger partial charge in [0.25, 0.3) is 0 Å². The molecule has 4 aromatic rings. The summed E-state index contributed by atoms with van der Waals surface area (Å²) in [6, 6.07) is 17.8. The van der Waals surface area contributed by atoms with Gasteiger partial charge in [0, 0.05) is 11.6 Å². The van der Waals surface area contributed by atoms with Gasteiger partial charge in [-0.05, 0) is 66.1 Å². The highest BCUT2D eigenvalue weighted by Gasteiger charge is 2.33. The van der Waals surface area contributed by atoms with E-state index < -0.39 is 21.8 Å². The van der Waals surface area contributed by atoms with Gasteiger partial charge < -0.3 is 0 Å². The second-order valence-corrected chi connectivity index (χ2v) is 9.22. The van der Waals surface area contributed by atoms with Crippen molar-refractivity contribution < 1.29 is 21.6 Å². The van der Waals surface area contributed by atoms with Gasteiger partial charge in [0.15, 0.2) is 0 Å². The average molecular weight is 456 g/mol. The largest absolute Gasteiger partial charge is 0.418 e. The topological polar surface area (TPSA) is 59.1 Å². The van der Waals surface area contributed by atoms with Crippen molar-refractivity contribution in [1.82, 2.24) is 9.71 Å². The summed E-state index contributed by atoms with van der Waals surface area (Å²) in [5, 5.41) is 0.406. The fraction of sp³-hybridized carbons (Fsp3) is 0.125. The number of aromatic nitrogens is 1. The van der Waals surface area contributed by atoms with E-state index in [-0.39, 0.29) is 10.4 Å². The van der Waals surface area contributed by atoms with Gasteiger partial charge in [-0.25, -0.2) is 13.1 Å². The zero-order valence-corrected chi connectivity index (χ0v) is 18.1. The lowest BCUT2D eigenvalue weighted by Gasteiger charge is -2.15. The van der Waals surface area contributed by atoms with E-state index in [9.17, 15) is 21.6 Å². The maximum absolute atomic E-state index is 13.5. The van der Waals surface area contributed by atoms with Gasteiger partial charge in [0.1, 0.15) is 0 Å². The van der Waals surface area contributed by atoms with Gasteiger partial charge in [-0.3, -0.25) is 4.98 Å². The number of rotatable bonds is 4.